The zero-order chi connectivity index (χ0) is 18.4. The molecule has 1 heterocycles. The van der Waals surface area contributed by atoms with Crippen LogP contribution < -0.4 is 16.6 Å². The van der Waals surface area contributed by atoms with E-state index in [9.17, 15) is 13.6 Å². The van der Waals surface area contributed by atoms with Gasteiger partial charge in [-0.05, 0) is 31.4 Å². The van der Waals surface area contributed by atoms with E-state index in [1.807, 2.05) is 19.3 Å². The molecule has 1 saturated carbocycles. The number of rotatable bonds is 4. The van der Waals surface area contributed by atoms with Crippen LogP contribution in [0.4, 0.5) is 14.7 Å². The molecule has 6 nitrogen and oxygen atoms in total. The van der Waals surface area contributed by atoms with Gasteiger partial charge in [0.05, 0.1) is 11.1 Å². The van der Waals surface area contributed by atoms with Gasteiger partial charge in [0.2, 0.25) is 5.95 Å². The monoisotopic (exact) mass is 349 g/mol. The molecule has 3 rings (SSSR count). The minimum absolute atomic E-state index is 0.00127. The molecular formula is C17H21F2N5O. The van der Waals surface area contributed by atoms with E-state index in [1.165, 1.54) is 30.6 Å². The summed E-state index contributed by atoms with van der Waals surface area (Å²) < 4.78 is 28.2. The van der Waals surface area contributed by atoms with Crippen molar-refractivity contribution in [2.75, 3.05) is 5.32 Å². The summed E-state index contributed by atoms with van der Waals surface area (Å²) >= 11 is 0. The Morgan fingerprint density at radius 1 is 1.16 bits per heavy atom. The second kappa shape index (κ2) is 7.98. The van der Waals surface area contributed by atoms with E-state index >= 15 is 0 Å². The number of amides is 1. The first-order valence-corrected chi connectivity index (χ1v) is 8.11. The van der Waals surface area contributed by atoms with Crippen LogP contribution in [0.1, 0.15) is 49.0 Å². The summed E-state index contributed by atoms with van der Waals surface area (Å²) in [6.45, 7) is 4.00. The Morgan fingerprint density at radius 3 is 2.16 bits per heavy atom. The number of hydrogen-bond donors (Lipinski definition) is 3. The van der Waals surface area contributed by atoms with Gasteiger partial charge in [0, 0.05) is 18.0 Å². The first-order valence-electron chi connectivity index (χ1n) is 8.11. The van der Waals surface area contributed by atoms with Crippen LogP contribution in [-0.4, -0.2) is 15.9 Å². The van der Waals surface area contributed by atoms with Crippen LogP contribution >= 0.6 is 0 Å². The Kier molecular flexibility index (Phi) is 5.97. The van der Waals surface area contributed by atoms with E-state index in [-0.39, 0.29) is 17.1 Å². The summed E-state index contributed by atoms with van der Waals surface area (Å²) in [4.78, 5) is 19.4. The van der Waals surface area contributed by atoms with Gasteiger partial charge < -0.3 is 5.32 Å². The quantitative estimate of drug-likeness (QED) is 0.448. The minimum Gasteiger partial charge on any atom is -0.344 e. The maximum absolute atomic E-state index is 14.1. The number of anilines is 1. The molecular weight excluding hydrogens is 328 g/mol. The molecule has 0 atom stereocenters. The average molecular weight is 349 g/mol. The Balaban J connectivity index is 0.00000109. The number of halogens is 2. The number of aromatic nitrogens is 2. The van der Waals surface area contributed by atoms with Crippen molar-refractivity contribution in [2.45, 2.75) is 38.6 Å². The molecule has 2 aromatic rings. The normalized spacial score (nSPS) is 14.6. The number of hydrazine groups is 1. The zero-order valence-corrected chi connectivity index (χ0v) is 14.1. The number of carbonyl (C=O) groups is 1. The summed E-state index contributed by atoms with van der Waals surface area (Å²) in [5.74, 6) is 3.51. The summed E-state index contributed by atoms with van der Waals surface area (Å²) in [6.07, 6.45) is 4.57. The van der Waals surface area contributed by atoms with Gasteiger partial charge in [-0.3, -0.25) is 10.2 Å². The lowest BCUT2D eigenvalue weighted by atomic mass is 9.71. The number of nitrogens with two attached hydrogens (primary N) is 1. The van der Waals surface area contributed by atoms with Crippen LogP contribution in [0.5, 0.6) is 0 Å². The third-order valence-electron chi connectivity index (χ3n) is 4.04. The fourth-order valence-corrected chi connectivity index (χ4v) is 2.73. The number of carbonyl (C=O) groups excluding carboxylic acids is 1. The molecule has 1 fully saturated rings. The van der Waals surface area contributed by atoms with Gasteiger partial charge in [-0.1, -0.05) is 19.9 Å². The molecule has 0 bridgehead atoms. The fraction of sp³-hybridized carbons (Fsp3) is 0.353. The lowest BCUT2D eigenvalue weighted by molar-refractivity contribution is 0.0953. The summed E-state index contributed by atoms with van der Waals surface area (Å²) in [5.41, 5.74) is 1.30. The van der Waals surface area contributed by atoms with E-state index in [0.29, 0.717) is 12.8 Å². The Labute approximate surface area is 144 Å². The zero-order valence-electron chi connectivity index (χ0n) is 14.1. The van der Waals surface area contributed by atoms with Crippen LogP contribution in [0.2, 0.25) is 0 Å². The molecule has 134 valence electrons. The van der Waals surface area contributed by atoms with Crippen molar-refractivity contribution in [1.82, 2.24) is 15.4 Å². The standard InChI is InChI=1S/C15H15F2N5O.C2H6/c16-10-3-1-4-11(17)12(10)15(5-2-6-15)21-14-19-7-9(8-20-14)13(23)22-18;1-2/h1,3-4,7-8H,2,5-6,18H2,(H,22,23)(H,19,20,21);1-2H3. The SMILES string of the molecule is CC.NNC(=O)c1cnc(NC2(c3c(F)cccc3F)CCC2)nc1. The maximum Gasteiger partial charge on any atom is 0.268 e. The predicted octanol–water partition coefficient (Wildman–Crippen LogP) is 2.88. The van der Waals surface area contributed by atoms with Gasteiger partial charge in [-0.15, -0.1) is 0 Å². The molecule has 1 aromatic carbocycles. The molecule has 8 heteroatoms. The van der Waals surface area contributed by atoms with E-state index in [0.717, 1.165) is 6.42 Å². The van der Waals surface area contributed by atoms with Crippen LogP contribution in [0.25, 0.3) is 0 Å². The number of nitrogen functional groups attached to an aromatic ring is 1. The Hall–Kier alpha value is -2.61. The predicted molar refractivity (Wildman–Crippen MR) is 90.5 cm³/mol. The van der Waals surface area contributed by atoms with E-state index in [1.54, 1.807) is 0 Å². The number of nitrogens with one attached hydrogen (secondary N) is 2. The molecule has 1 aliphatic rings. The van der Waals surface area contributed by atoms with Crippen molar-refractivity contribution in [3.8, 4) is 0 Å². The topological polar surface area (TPSA) is 92.9 Å². The number of benzene rings is 1. The van der Waals surface area contributed by atoms with E-state index in [2.05, 4.69) is 15.3 Å². The van der Waals surface area contributed by atoms with Gasteiger partial charge in [-0.25, -0.2) is 24.6 Å². The van der Waals surface area contributed by atoms with Crippen molar-refractivity contribution >= 4 is 11.9 Å². The highest BCUT2D eigenvalue weighted by atomic mass is 19.1. The molecule has 4 N–H and O–H groups in total. The van der Waals surface area contributed by atoms with Gasteiger partial charge in [0.1, 0.15) is 11.6 Å². The van der Waals surface area contributed by atoms with Crippen molar-refractivity contribution in [1.29, 1.82) is 0 Å². The molecule has 0 unspecified atom stereocenters. The summed E-state index contributed by atoms with van der Waals surface area (Å²) in [5, 5.41) is 3.01. The van der Waals surface area contributed by atoms with Crippen LogP contribution in [0.3, 0.4) is 0 Å². The average Bonchev–Trinajstić information content (AvgIpc) is 2.61. The molecule has 1 amide bonds. The number of hydrogen-bond acceptors (Lipinski definition) is 5. The Morgan fingerprint density at radius 2 is 1.72 bits per heavy atom. The largest absolute Gasteiger partial charge is 0.344 e. The van der Waals surface area contributed by atoms with E-state index in [4.69, 9.17) is 5.84 Å². The van der Waals surface area contributed by atoms with Crippen LogP contribution in [0, 0.1) is 11.6 Å². The number of nitrogens with zero attached hydrogens (tertiary/aromatic N) is 2. The van der Waals surface area contributed by atoms with Gasteiger partial charge >= 0.3 is 0 Å². The van der Waals surface area contributed by atoms with Crippen molar-refractivity contribution < 1.29 is 13.6 Å². The lowest BCUT2D eigenvalue weighted by Crippen LogP contribution is -2.44. The second-order valence-electron chi connectivity index (χ2n) is 5.43. The van der Waals surface area contributed by atoms with Crippen LogP contribution in [-0.2, 0) is 5.54 Å². The van der Waals surface area contributed by atoms with Crippen molar-refractivity contribution in [3.63, 3.8) is 0 Å². The highest BCUT2D eigenvalue weighted by Crippen LogP contribution is 2.45. The van der Waals surface area contributed by atoms with Gasteiger partial charge in [0.25, 0.3) is 5.91 Å². The third kappa shape index (κ3) is 3.74. The second-order valence-corrected chi connectivity index (χ2v) is 5.43. The molecule has 1 aliphatic carbocycles. The van der Waals surface area contributed by atoms with Crippen molar-refractivity contribution in [2.24, 2.45) is 5.84 Å². The fourth-order valence-electron chi connectivity index (χ4n) is 2.73. The first-order chi connectivity index (χ1) is 12.1. The lowest BCUT2D eigenvalue weighted by Gasteiger charge is -2.43. The highest BCUT2D eigenvalue weighted by Gasteiger charge is 2.43. The highest BCUT2D eigenvalue weighted by molar-refractivity contribution is 5.93. The molecule has 0 saturated heterocycles. The molecule has 0 spiro atoms. The van der Waals surface area contributed by atoms with Crippen molar-refractivity contribution in [3.05, 3.63) is 53.4 Å². The van der Waals surface area contributed by atoms with Gasteiger partial charge in [0.15, 0.2) is 0 Å². The van der Waals surface area contributed by atoms with Crippen LogP contribution in [0.15, 0.2) is 30.6 Å². The summed E-state index contributed by atoms with van der Waals surface area (Å²) in [6, 6.07) is 3.79. The third-order valence-corrected chi connectivity index (χ3v) is 4.04. The first kappa shape index (κ1) is 18.7. The molecule has 0 radical (unpaired) electrons. The maximum atomic E-state index is 14.1. The minimum atomic E-state index is -0.868. The summed E-state index contributed by atoms with van der Waals surface area (Å²) in [7, 11) is 0. The Bertz CT molecular complexity index is 712. The molecule has 25 heavy (non-hydrogen) atoms. The smallest absolute Gasteiger partial charge is 0.268 e. The van der Waals surface area contributed by atoms with Gasteiger partial charge in [-0.2, -0.15) is 0 Å². The molecule has 0 aliphatic heterocycles. The molecule has 1 aromatic heterocycles. The van der Waals surface area contributed by atoms with E-state index < -0.39 is 23.1 Å².